The van der Waals surface area contributed by atoms with Gasteiger partial charge in [0.1, 0.15) is 0 Å². The molecule has 1 aliphatic carbocycles. The van der Waals surface area contributed by atoms with Gasteiger partial charge in [-0.3, -0.25) is 0 Å². The standard InChI is InChI=1S/C13H17Cl/c1-10-7-12(9-13(14)8-10)11-5-3-2-4-6-11/h7-9,11H,2-6H2,1H3. The first-order valence-electron chi connectivity index (χ1n) is 5.53. The van der Waals surface area contributed by atoms with Gasteiger partial charge in [-0.25, -0.2) is 0 Å². The zero-order chi connectivity index (χ0) is 9.97. The summed E-state index contributed by atoms with van der Waals surface area (Å²) in [6, 6.07) is 6.47. The molecule has 1 saturated carbocycles. The third-order valence-corrected chi connectivity index (χ3v) is 3.36. The topological polar surface area (TPSA) is 0 Å². The Labute approximate surface area is 91.3 Å². The zero-order valence-corrected chi connectivity index (χ0v) is 9.48. The lowest BCUT2D eigenvalue weighted by molar-refractivity contribution is 0.443. The summed E-state index contributed by atoms with van der Waals surface area (Å²) in [4.78, 5) is 0. The highest BCUT2D eigenvalue weighted by Crippen LogP contribution is 2.34. The second-order valence-electron chi connectivity index (χ2n) is 4.40. The molecular formula is C13H17Cl. The second-order valence-corrected chi connectivity index (χ2v) is 4.83. The first-order chi connectivity index (χ1) is 6.75. The van der Waals surface area contributed by atoms with Gasteiger partial charge in [0.05, 0.1) is 0 Å². The fourth-order valence-electron chi connectivity index (χ4n) is 2.44. The van der Waals surface area contributed by atoms with E-state index in [2.05, 4.69) is 19.1 Å². The lowest BCUT2D eigenvalue weighted by Gasteiger charge is -2.22. The van der Waals surface area contributed by atoms with Crippen molar-refractivity contribution in [1.82, 2.24) is 0 Å². The van der Waals surface area contributed by atoms with E-state index in [0.29, 0.717) is 0 Å². The van der Waals surface area contributed by atoms with Crippen LogP contribution in [0.5, 0.6) is 0 Å². The van der Waals surface area contributed by atoms with Crippen LogP contribution < -0.4 is 0 Å². The van der Waals surface area contributed by atoms with Crippen LogP contribution in [0.3, 0.4) is 0 Å². The van der Waals surface area contributed by atoms with Crippen molar-refractivity contribution in [2.75, 3.05) is 0 Å². The van der Waals surface area contributed by atoms with E-state index in [1.807, 2.05) is 6.07 Å². The lowest BCUT2D eigenvalue weighted by atomic mass is 9.84. The Balaban J connectivity index is 2.21. The molecule has 1 heteroatoms. The molecule has 1 aliphatic rings. The van der Waals surface area contributed by atoms with Crippen molar-refractivity contribution in [3.05, 3.63) is 34.3 Å². The van der Waals surface area contributed by atoms with Crippen molar-refractivity contribution in [3.63, 3.8) is 0 Å². The van der Waals surface area contributed by atoms with Gasteiger partial charge in [0.15, 0.2) is 0 Å². The quantitative estimate of drug-likeness (QED) is 0.628. The molecule has 0 spiro atoms. The number of aryl methyl sites for hydroxylation is 1. The summed E-state index contributed by atoms with van der Waals surface area (Å²) in [6.45, 7) is 2.12. The normalized spacial score (nSPS) is 18.4. The molecule has 2 rings (SSSR count). The predicted molar refractivity (Wildman–Crippen MR) is 62.0 cm³/mol. The number of hydrogen-bond donors (Lipinski definition) is 0. The molecule has 0 aromatic heterocycles. The summed E-state index contributed by atoms with van der Waals surface area (Å²) in [7, 11) is 0. The third-order valence-electron chi connectivity index (χ3n) is 3.14. The molecule has 14 heavy (non-hydrogen) atoms. The first-order valence-corrected chi connectivity index (χ1v) is 5.90. The van der Waals surface area contributed by atoms with Crippen LogP contribution in [0.4, 0.5) is 0 Å². The molecule has 0 heterocycles. The second kappa shape index (κ2) is 4.35. The predicted octanol–water partition coefficient (Wildman–Crippen LogP) is 4.70. The van der Waals surface area contributed by atoms with Crippen molar-refractivity contribution in [2.24, 2.45) is 0 Å². The van der Waals surface area contributed by atoms with Gasteiger partial charge < -0.3 is 0 Å². The number of halogens is 1. The Bertz CT molecular complexity index is 291. The summed E-state index contributed by atoms with van der Waals surface area (Å²) in [6.07, 6.45) is 6.88. The van der Waals surface area contributed by atoms with Crippen LogP contribution in [0, 0.1) is 6.92 Å². The summed E-state index contributed by atoms with van der Waals surface area (Å²) >= 11 is 6.07. The average Bonchev–Trinajstić information content (AvgIpc) is 2.18. The Morgan fingerprint density at radius 2 is 1.79 bits per heavy atom. The van der Waals surface area contributed by atoms with Gasteiger partial charge in [-0.2, -0.15) is 0 Å². The Morgan fingerprint density at radius 3 is 2.43 bits per heavy atom. The van der Waals surface area contributed by atoms with Crippen molar-refractivity contribution in [3.8, 4) is 0 Å². The van der Waals surface area contributed by atoms with Gasteiger partial charge >= 0.3 is 0 Å². The van der Waals surface area contributed by atoms with E-state index in [1.54, 1.807) is 0 Å². The molecule has 1 fully saturated rings. The fourth-order valence-corrected chi connectivity index (χ4v) is 2.73. The summed E-state index contributed by atoms with van der Waals surface area (Å²) < 4.78 is 0. The monoisotopic (exact) mass is 208 g/mol. The highest BCUT2D eigenvalue weighted by atomic mass is 35.5. The molecule has 76 valence electrons. The average molecular weight is 209 g/mol. The Kier molecular flexibility index (Phi) is 3.12. The minimum atomic E-state index is 0.765. The van der Waals surface area contributed by atoms with E-state index in [9.17, 15) is 0 Å². The first kappa shape index (κ1) is 10.0. The lowest BCUT2D eigenvalue weighted by Crippen LogP contribution is -2.04. The maximum Gasteiger partial charge on any atom is 0.0411 e. The van der Waals surface area contributed by atoms with Crippen LogP contribution in [0.2, 0.25) is 5.02 Å². The molecule has 1 aromatic rings. The van der Waals surface area contributed by atoms with E-state index >= 15 is 0 Å². The smallest absolute Gasteiger partial charge is 0.0411 e. The van der Waals surface area contributed by atoms with Crippen LogP contribution in [-0.4, -0.2) is 0 Å². The minimum absolute atomic E-state index is 0.765. The van der Waals surface area contributed by atoms with Gasteiger partial charge in [0, 0.05) is 5.02 Å². The van der Waals surface area contributed by atoms with Crippen LogP contribution in [0.1, 0.15) is 49.1 Å². The highest BCUT2D eigenvalue weighted by molar-refractivity contribution is 6.30. The molecule has 0 atom stereocenters. The Hall–Kier alpha value is -0.490. The molecule has 0 amide bonds. The van der Waals surface area contributed by atoms with Gasteiger partial charge in [0.2, 0.25) is 0 Å². The van der Waals surface area contributed by atoms with Gasteiger partial charge in [-0.15, -0.1) is 0 Å². The summed E-state index contributed by atoms with van der Waals surface area (Å²) in [5.41, 5.74) is 2.74. The zero-order valence-electron chi connectivity index (χ0n) is 8.72. The minimum Gasteiger partial charge on any atom is -0.0843 e. The van der Waals surface area contributed by atoms with E-state index in [-0.39, 0.29) is 0 Å². The number of benzene rings is 1. The molecular weight excluding hydrogens is 192 g/mol. The maximum absolute atomic E-state index is 6.07. The summed E-state index contributed by atoms with van der Waals surface area (Å²) in [5.74, 6) is 0.765. The van der Waals surface area contributed by atoms with Crippen LogP contribution in [0.15, 0.2) is 18.2 Å². The van der Waals surface area contributed by atoms with Crippen molar-refractivity contribution < 1.29 is 0 Å². The van der Waals surface area contributed by atoms with Gasteiger partial charge in [-0.05, 0) is 48.9 Å². The fraction of sp³-hybridized carbons (Fsp3) is 0.538. The molecule has 0 radical (unpaired) electrons. The molecule has 0 N–H and O–H groups in total. The molecule has 0 nitrogen and oxygen atoms in total. The van der Waals surface area contributed by atoms with Crippen molar-refractivity contribution in [1.29, 1.82) is 0 Å². The van der Waals surface area contributed by atoms with E-state index < -0.39 is 0 Å². The van der Waals surface area contributed by atoms with E-state index in [4.69, 9.17) is 11.6 Å². The SMILES string of the molecule is Cc1cc(Cl)cc(C2CCCCC2)c1. The summed E-state index contributed by atoms with van der Waals surface area (Å²) in [5, 5.41) is 0.894. The molecule has 0 aliphatic heterocycles. The largest absolute Gasteiger partial charge is 0.0843 e. The third kappa shape index (κ3) is 2.30. The number of rotatable bonds is 1. The molecule has 0 saturated heterocycles. The van der Waals surface area contributed by atoms with Crippen LogP contribution in [-0.2, 0) is 0 Å². The van der Waals surface area contributed by atoms with E-state index in [1.165, 1.54) is 43.2 Å². The van der Waals surface area contributed by atoms with Crippen molar-refractivity contribution >= 4 is 11.6 Å². The highest BCUT2D eigenvalue weighted by Gasteiger charge is 2.15. The Morgan fingerprint density at radius 1 is 1.07 bits per heavy atom. The molecule has 1 aromatic carbocycles. The van der Waals surface area contributed by atoms with Gasteiger partial charge in [0.25, 0.3) is 0 Å². The number of hydrogen-bond acceptors (Lipinski definition) is 0. The van der Waals surface area contributed by atoms with Crippen molar-refractivity contribution in [2.45, 2.75) is 44.9 Å². The van der Waals surface area contributed by atoms with Gasteiger partial charge in [-0.1, -0.05) is 36.9 Å². The molecule has 0 unspecified atom stereocenters. The van der Waals surface area contributed by atoms with Crippen LogP contribution in [0.25, 0.3) is 0 Å². The molecule has 0 bridgehead atoms. The van der Waals surface area contributed by atoms with E-state index in [0.717, 1.165) is 10.9 Å². The van der Waals surface area contributed by atoms with Crippen LogP contribution >= 0.6 is 11.6 Å². The maximum atomic E-state index is 6.07.